The average Bonchev–Trinajstić information content (AvgIpc) is 2.11. The Bertz CT molecular complexity index is 179. The van der Waals surface area contributed by atoms with E-state index in [1.807, 2.05) is 0 Å². The van der Waals surface area contributed by atoms with Crippen LogP contribution in [0.5, 0.6) is 0 Å². The number of hydrogen-bond acceptors (Lipinski definition) is 3. The molecule has 0 heterocycles. The van der Waals surface area contributed by atoms with Crippen LogP contribution in [0.1, 0.15) is 34.1 Å². The lowest BCUT2D eigenvalue weighted by atomic mass is 10.0. The van der Waals surface area contributed by atoms with Gasteiger partial charge in [0.25, 0.3) is 0 Å². The van der Waals surface area contributed by atoms with Crippen molar-refractivity contribution >= 4 is 0 Å². The molecule has 13 heavy (non-hydrogen) atoms. The van der Waals surface area contributed by atoms with Gasteiger partial charge < -0.3 is 4.74 Å². The lowest BCUT2D eigenvalue weighted by Crippen LogP contribution is -2.48. The minimum Gasteiger partial charge on any atom is -0.352 e. The third kappa shape index (κ3) is 7.79. The van der Waals surface area contributed by atoms with Gasteiger partial charge in [0, 0.05) is 5.54 Å². The van der Waals surface area contributed by atoms with Gasteiger partial charge in [0.1, 0.15) is 13.3 Å². The average molecular weight is 184 g/mol. The Hall–Kier alpha value is -0.560. The fourth-order valence-corrected chi connectivity index (χ4v) is 0.589. The van der Waals surface area contributed by atoms with Crippen molar-refractivity contribution in [1.82, 2.24) is 10.9 Å². The van der Waals surface area contributed by atoms with Crippen LogP contribution >= 0.6 is 0 Å². The largest absolute Gasteiger partial charge is 0.352 e. The molecule has 2 N–H and O–H groups in total. The maximum Gasteiger partial charge on any atom is 0.110 e. The van der Waals surface area contributed by atoms with Crippen LogP contribution in [0, 0.1) is 11.8 Å². The molecular formula is C10H20N2O. The highest BCUT2D eigenvalue weighted by Crippen LogP contribution is 2.04. The number of ether oxygens (including phenoxy) is 1. The number of nitrogens with one attached hydrogen (secondary N) is 2. The Labute approximate surface area is 81.2 Å². The molecule has 0 atom stereocenters. The molecule has 0 aromatic carbocycles. The Kier molecular flexibility index (Phi) is 6.61. The smallest absolute Gasteiger partial charge is 0.110 e. The minimum absolute atomic E-state index is 0.111. The molecule has 0 saturated heterocycles. The zero-order chi connectivity index (χ0) is 10.2. The molecule has 3 heteroatoms. The maximum absolute atomic E-state index is 5.17. The van der Waals surface area contributed by atoms with Crippen molar-refractivity contribution < 1.29 is 4.74 Å². The van der Waals surface area contributed by atoms with Gasteiger partial charge in [0.2, 0.25) is 0 Å². The summed E-state index contributed by atoms with van der Waals surface area (Å²) in [6.45, 7) is 9.17. The van der Waals surface area contributed by atoms with Crippen molar-refractivity contribution in [3.8, 4) is 11.8 Å². The first-order valence-electron chi connectivity index (χ1n) is 4.60. The highest BCUT2D eigenvalue weighted by Gasteiger charge is 2.12. The van der Waals surface area contributed by atoms with Gasteiger partial charge in [-0.05, 0) is 27.2 Å². The molecule has 0 aliphatic rings. The van der Waals surface area contributed by atoms with E-state index in [9.17, 15) is 0 Å². The predicted molar refractivity (Wildman–Crippen MR) is 54.9 cm³/mol. The van der Waals surface area contributed by atoms with Gasteiger partial charge in [-0.2, -0.15) is 0 Å². The normalized spacial score (nSPS) is 10.8. The van der Waals surface area contributed by atoms with E-state index in [1.165, 1.54) is 0 Å². The molecule has 76 valence electrons. The van der Waals surface area contributed by atoms with Crippen molar-refractivity contribution in [3.05, 3.63) is 0 Å². The summed E-state index contributed by atoms with van der Waals surface area (Å²) >= 11 is 0. The monoisotopic (exact) mass is 184 g/mol. The molecule has 0 aliphatic heterocycles. The molecular weight excluding hydrogens is 164 g/mol. The summed E-state index contributed by atoms with van der Waals surface area (Å²) in [6.07, 6.45) is 1.06. The van der Waals surface area contributed by atoms with Crippen LogP contribution in [-0.2, 0) is 4.74 Å². The van der Waals surface area contributed by atoms with Crippen molar-refractivity contribution in [3.63, 3.8) is 0 Å². The lowest BCUT2D eigenvalue weighted by molar-refractivity contribution is 0.119. The fourth-order valence-electron chi connectivity index (χ4n) is 0.589. The number of hydrazine groups is 1. The van der Waals surface area contributed by atoms with Crippen LogP contribution in [0.4, 0.5) is 0 Å². The molecule has 0 amide bonds. The highest BCUT2D eigenvalue weighted by molar-refractivity contribution is 4.94. The van der Waals surface area contributed by atoms with Crippen LogP contribution in [0.15, 0.2) is 0 Å². The summed E-state index contributed by atoms with van der Waals surface area (Å²) in [5.41, 5.74) is 6.27. The highest BCUT2D eigenvalue weighted by atomic mass is 16.5. The summed E-state index contributed by atoms with van der Waals surface area (Å²) in [5, 5.41) is 0. The van der Waals surface area contributed by atoms with Crippen LogP contribution in [0.3, 0.4) is 0 Å². The topological polar surface area (TPSA) is 33.3 Å². The standard InChI is InChI=1S/C10H20N2O/c1-5-7-8-13-9-11-12-10(3,4)6-2/h11-12H,6,8-9H2,1-4H3. The summed E-state index contributed by atoms with van der Waals surface area (Å²) in [6, 6.07) is 0. The molecule has 0 rings (SSSR count). The van der Waals surface area contributed by atoms with E-state index in [0.29, 0.717) is 13.3 Å². The van der Waals surface area contributed by atoms with Gasteiger partial charge in [-0.3, -0.25) is 5.43 Å². The van der Waals surface area contributed by atoms with Crippen LogP contribution in [0.2, 0.25) is 0 Å². The molecule has 0 saturated carbocycles. The SMILES string of the molecule is CC#CCOCNNC(C)(C)CC. The van der Waals surface area contributed by atoms with E-state index >= 15 is 0 Å². The second kappa shape index (κ2) is 6.90. The quantitative estimate of drug-likeness (QED) is 0.282. The van der Waals surface area contributed by atoms with Gasteiger partial charge >= 0.3 is 0 Å². The van der Waals surface area contributed by atoms with Crippen LogP contribution in [0.25, 0.3) is 0 Å². The Balaban J connectivity index is 3.29. The van der Waals surface area contributed by atoms with E-state index in [-0.39, 0.29) is 5.54 Å². The molecule has 0 unspecified atom stereocenters. The molecule has 0 aromatic rings. The lowest BCUT2D eigenvalue weighted by Gasteiger charge is -2.24. The summed E-state index contributed by atoms with van der Waals surface area (Å²) < 4.78 is 5.17. The first kappa shape index (κ1) is 12.4. The second-order valence-electron chi connectivity index (χ2n) is 3.46. The van der Waals surface area contributed by atoms with Gasteiger partial charge in [0.15, 0.2) is 0 Å². The third-order valence-electron chi connectivity index (χ3n) is 1.84. The Morgan fingerprint density at radius 3 is 2.62 bits per heavy atom. The molecule has 0 bridgehead atoms. The maximum atomic E-state index is 5.17. The molecule has 0 fully saturated rings. The zero-order valence-corrected chi connectivity index (χ0v) is 9.03. The summed E-state index contributed by atoms with van der Waals surface area (Å²) in [5.74, 6) is 5.58. The van der Waals surface area contributed by atoms with Crippen molar-refractivity contribution in [2.24, 2.45) is 0 Å². The first-order valence-corrected chi connectivity index (χ1v) is 4.60. The van der Waals surface area contributed by atoms with E-state index in [4.69, 9.17) is 4.74 Å². The molecule has 0 radical (unpaired) electrons. The second-order valence-corrected chi connectivity index (χ2v) is 3.46. The molecule has 0 aliphatic carbocycles. The fraction of sp³-hybridized carbons (Fsp3) is 0.800. The van der Waals surface area contributed by atoms with E-state index in [2.05, 4.69) is 43.5 Å². The molecule has 3 nitrogen and oxygen atoms in total. The Morgan fingerprint density at radius 1 is 1.38 bits per heavy atom. The number of rotatable bonds is 6. The van der Waals surface area contributed by atoms with E-state index < -0.39 is 0 Å². The van der Waals surface area contributed by atoms with E-state index in [0.717, 1.165) is 6.42 Å². The van der Waals surface area contributed by atoms with Crippen LogP contribution < -0.4 is 10.9 Å². The van der Waals surface area contributed by atoms with Crippen molar-refractivity contribution in [1.29, 1.82) is 0 Å². The first-order chi connectivity index (χ1) is 6.12. The predicted octanol–water partition coefficient (Wildman–Crippen LogP) is 1.27. The molecule has 0 spiro atoms. The van der Waals surface area contributed by atoms with Gasteiger partial charge in [0.05, 0.1) is 0 Å². The summed E-state index contributed by atoms with van der Waals surface area (Å²) in [4.78, 5) is 0. The van der Waals surface area contributed by atoms with E-state index in [1.54, 1.807) is 6.92 Å². The van der Waals surface area contributed by atoms with Crippen molar-refractivity contribution in [2.75, 3.05) is 13.3 Å². The van der Waals surface area contributed by atoms with Gasteiger partial charge in [-0.25, -0.2) is 5.43 Å². The minimum atomic E-state index is 0.111. The summed E-state index contributed by atoms with van der Waals surface area (Å²) in [7, 11) is 0. The number of hydrogen-bond donors (Lipinski definition) is 2. The van der Waals surface area contributed by atoms with Gasteiger partial charge in [-0.1, -0.05) is 12.8 Å². The van der Waals surface area contributed by atoms with Crippen molar-refractivity contribution in [2.45, 2.75) is 39.7 Å². The zero-order valence-electron chi connectivity index (χ0n) is 9.03. The Morgan fingerprint density at radius 2 is 2.08 bits per heavy atom. The van der Waals surface area contributed by atoms with Gasteiger partial charge in [-0.15, -0.1) is 5.92 Å². The molecule has 0 aromatic heterocycles. The third-order valence-corrected chi connectivity index (χ3v) is 1.84. The van der Waals surface area contributed by atoms with Crippen LogP contribution in [-0.4, -0.2) is 18.9 Å².